The van der Waals surface area contributed by atoms with E-state index in [4.69, 9.17) is 4.74 Å². The van der Waals surface area contributed by atoms with Gasteiger partial charge in [0.1, 0.15) is 5.82 Å². The summed E-state index contributed by atoms with van der Waals surface area (Å²) in [4.78, 5) is 11.5. The molecule has 5 nitrogen and oxygen atoms in total. The largest absolute Gasteiger partial charge is 0.463 e. The standard InChI is InChI=1S/C13H11F3N2O3/c14-9-4-11(16)10(15)3-8(9)12(19)13(20)21-2-1-7-5-17-18-6-7/h3-6,12,19H,1-2H2,(H,17,18). The Hall–Kier alpha value is -2.35. The van der Waals surface area contributed by atoms with Gasteiger partial charge >= 0.3 is 5.97 Å². The number of H-pyrrole nitrogens is 1. The number of nitrogens with zero attached hydrogens (tertiary/aromatic N) is 1. The van der Waals surface area contributed by atoms with Gasteiger partial charge in [-0.3, -0.25) is 5.10 Å². The van der Waals surface area contributed by atoms with Gasteiger partial charge in [-0.15, -0.1) is 0 Å². The fraction of sp³-hybridized carbons (Fsp3) is 0.231. The van der Waals surface area contributed by atoms with Crippen molar-refractivity contribution in [1.82, 2.24) is 10.2 Å². The molecular weight excluding hydrogens is 289 g/mol. The Morgan fingerprint density at radius 3 is 2.67 bits per heavy atom. The summed E-state index contributed by atoms with van der Waals surface area (Å²) < 4.78 is 43.9. The van der Waals surface area contributed by atoms with Crippen LogP contribution in [0, 0.1) is 17.5 Å². The van der Waals surface area contributed by atoms with Crippen molar-refractivity contribution in [2.24, 2.45) is 0 Å². The SMILES string of the molecule is O=C(OCCc1cn[nH]c1)C(O)c1cc(F)c(F)cc1F. The molecule has 2 N–H and O–H groups in total. The van der Waals surface area contributed by atoms with E-state index < -0.39 is 35.1 Å². The van der Waals surface area contributed by atoms with Crippen LogP contribution in [-0.2, 0) is 16.0 Å². The number of hydrogen-bond acceptors (Lipinski definition) is 4. The van der Waals surface area contributed by atoms with Crippen LogP contribution in [0.1, 0.15) is 17.2 Å². The highest BCUT2D eigenvalue weighted by atomic mass is 19.2. The van der Waals surface area contributed by atoms with Crippen LogP contribution >= 0.6 is 0 Å². The molecule has 0 saturated carbocycles. The first-order valence-corrected chi connectivity index (χ1v) is 5.96. The minimum atomic E-state index is -2.02. The lowest BCUT2D eigenvalue weighted by Gasteiger charge is -2.12. The monoisotopic (exact) mass is 300 g/mol. The second kappa shape index (κ2) is 6.40. The van der Waals surface area contributed by atoms with Gasteiger partial charge in [-0.05, 0) is 11.6 Å². The van der Waals surface area contributed by atoms with E-state index in [2.05, 4.69) is 10.2 Å². The van der Waals surface area contributed by atoms with E-state index in [0.717, 1.165) is 5.56 Å². The molecular formula is C13H11F3N2O3. The van der Waals surface area contributed by atoms with Gasteiger partial charge < -0.3 is 9.84 Å². The van der Waals surface area contributed by atoms with Crippen molar-refractivity contribution in [2.45, 2.75) is 12.5 Å². The minimum absolute atomic E-state index is 0.0687. The number of carbonyl (C=O) groups excluding carboxylic acids is 1. The van der Waals surface area contributed by atoms with Crippen molar-refractivity contribution in [1.29, 1.82) is 0 Å². The van der Waals surface area contributed by atoms with Crippen LogP contribution in [0.2, 0.25) is 0 Å². The van der Waals surface area contributed by atoms with E-state index in [9.17, 15) is 23.1 Å². The number of hydrogen-bond donors (Lipinski definition) is 2. The lowest BCUT2D eigenvalue weighted by atomic mass is 10.1. The average Bonchev–Trinajstić information content (AvgIpc) is 2.95. The molecule has 0 bridgehead atoms. The number of esters is 1. The fourth-order valence-electron chi connectivity index (χ4n) is 1.64. The number of aliphatic hydroxyl groups excluding tert-OH is 1. The highest BCUT2D eigenvalue weighted by Gasteiger charge is 2.24. The third-order valence-electron chi connectivity index (χ3n) is 2.75. The molecule has 1 atom stereocenters. The van der Waals surface area contributed by atoms with Crippen molar-refractivity contribution in [3.05, 3.63) is 53.1 Å². The van der Waals surface area contributed by atoms with E-state index in [1.165, 1.54) is 6.20 Å². The summed E-state index contributed by atoms with van der Waals surface area (Å²) in [5.41, 5.74) is 0.0958. The normalized spacial score (nSPS) is 12.2. The molecule has 0 saturated heterocycles. The Kier molecular flexibility index (Phi) is 4.59. The molecule has 2 rings (SSSR count). The second-order valence-electron chi connectivity index (χ2n) is 4.21. The Bertz CT molecular complexity index is 632. The molecule has 0 amide bonds. The summed E-state index contributed by atoms with van der Waals surface area (Å²) >= 11 is 0. The Morgan fingerprint density at radius 1 is 1.29 bits per heavy atom. The van der Waals surface area contributed by atoms with Crippen molar-refractivity contribution < 1.29 is 27.8 Å². The first kappa shape index (κ1) is 15.0. The molecule has 0 aliphatic carbocycles. The van der Waals surface area contributed by atoms with Gasteiger partial charge in [0.15, 0.2) is 17.7 Å². The molecule has 0 aliphatic rings. The van der Waals surface area contributed by atoms with Crippen LogP contribution in [0.4, 0.5) is 13.2 Å². The maximum absolute atomic E-state index is 13.4. The molecule has 0 fully saturated rings. The minimum Gasteiger partial charge on any atom is -0.463 e. The molecule has 0 aliphatic heterocycles. The molecule has 1 aromatic carbocycles. The van der Waals surface area contributed by atoms with E-state index in [1.807, 2.05) is 0 Å². The molecule has 0 radical (unpaired) electrons. The fourth-order valence-corrected chi connectivity index (χ4v) is 1.64. The summed E-state index contributed by atoms with van der Waals surface area (Å²) in [7, 11) is 0. The van der Waals surface area contributed by atoms with Gasteiger partial charge in [-0.1, -0.05) is 0 Å². The predicted octanol–water partition coefficient (Wildman–Crippen LogP) is 1.65. The van der Waals surface area contributed by atoms with Gasteiger partial charge in [0, 0.05) is 24.2 Å². The van der Waals surface area contributed by atoms with Gasteiger partial charge in [0.25, 0.3) is 0 Å². The van der Waals surface area contributed by atoms with Crippen LogP contribution in [0.5, 0.6) is 0 Å². The van der Waals surface area contributed by atoms with Gasteiger partial charge in [-0.25, -0.2) is 18.0 Å². The van der Waals surface area contributed by atoms with Crippen LogP contribution in [0.25, 0.3) is 0 Å². The van der Waals surface area contributed by atoms with Gasteiger partial charge in [0.05, 0.1) is 12.8 Å². The zero-order valence-electron chi connectivity index (χ0n) is 10.6. The summed E-state index contributed by atoms with van der Waals surface area (Å²) in [6.45, 7) is -0.0687. The number of aliphatic hydroxyl groups is 1. The number of benzene rings is 1. The van der Waals surface area contributed by atoms with Crippen LogP contribution in [0.3, 0.4) is 0 Å². The number of halogens is 3. The van der Waals surface area contributed by atoms with E-state index in [0.29, 0.717) is 12.5 Å². The number of nitrogens with one attached hydrogen (secondary N) is 1. The molecule has 1 unspecified atom stereocenters. The predicted molar refractivity (Wildman–Crippen MR) is 64.5 cm³/mol. The van der Waals surface area contributed by atoms with Gasteiger partial charge in [0.2, 0.25) is 0 Å². The first-order chi connectivity index (χ1) is 9.99. The maximum atomic E-state index is 13.4. The smallest absolute Gasteiger partial charge is 0.339 e. The average molecular weight is 300 g/mol. The molecule has 1 aromatic heterocycles. The lowest BCUT2D eigenvalue weighted by Crippen LogP contribution is -2.18. The number of ether oxygens (including phenoxy) is 1. The zero-order chi connectivity index (χ0) is 15.4. The van der Waals surface area contributed by atoms with E-state index in [-0.39, 0.29) is 12.7 Å². The topological polar surface area (TPSA) is 75.2 Å². The first-order valence-electron chi connectivity index (χ1n) is 5.96. The summed E-state index contributed by atoms with van der Waals surface area (Å²) in [6.07, 6.45) is 1.44. The number of rotatable bonds is 5. The highest BCUT2D eigenvalue weighted by molar-refractivity contribution is 5.76. The zero-order valence-corrected chi connectivity index (χ0v) is 10.6. The van der Waals surface area contributed by atoms with Crippen LogP contribution < -0.4 is 0 Å². The number of aromatic amines is 1. The highest BCUT2D eigenvalue weighted by Crippen LogP contribution is 2.21. The summed E-state index contributed by atoms with van der Waals surface area (Å²) in [5, 5.41) is 15.9. The third kappa shape index (κ3) is 3.60. The Morgan fingerprint density at radius 2 is 2.00 bits per heavy atom. The number of carbonyl (C=O) groups is 1. The molecule has 2 aromatic rings. The van der Waals surface area contributed by atoms with Crippen molar-refractivity contribution in [2.75, 3.05) is 6.61 Å². The molecule has 0 spiro atoms. The van der Waals surface area contributed by atoms with Crippen molar-refractivity contribution >= 4 is 5.97 Å². The number of aromatic nitrogens is 2. The second-order valence-corrected chi connectivity index (χ2v) is 4.21. The van der Waals surface area contributed by atoms with Crippen molar-refractivity contribution in [3.8, 4) is 0 Å². The maximum Gasteiger partial charge on any atom is 0.339 e. The van der Waals surface area contributed by atoms with Crippen LogP contribution in [-0.4, -0.2) is 27.9 Å². The molecule has 112 valence electrons. The Balaban J connectivity index is 1.97. The summed E-state index contributed by atoms with van der Waals surface area (Å²) in [6, 6.07) is 0.680. The van der Waals surface area contributed by atoms with E-state index in [1.54, 1.807) is 6.20 Å². The Labute approximate surface area is 117 Å². The third-order valence-corrected chi connectivity index (χ3v) is 2.75. The molecule has 21 heavy (non-hydrogen) atoms. The molecule has 8 heteroatoms. The van der Waals surface area contributed by atoms with Crippen LogP contribution in [0.15, 0.2) is 24.5 Å². The lowest BCUT2D eigenvalue weighted by molar-refractivity contribution is -0.154. The quantitative estimate of drug-likeness (QED) is 0.650. The molecule has 1 heterocycles. The summed E-state index contributed by atoms with van der Waals surface area (Å²) in [5.74, 6) is -5.15. The van der Waals surface area contributed by atoms with E-state index >= 15 is 0 Å². The van der Waals surface area contributed by atoms with Gasteiger partial charge in [-0.2, -0.15) is 5.10 Å². The van der Waals surface area contributed by atoms with Crippen molar-refractivity contribution in [3.63, 3.8) is 0 Å².